The molecule has 28 heavy (non-hydrogen) atoms. The minimum absolute atomic E-state index is 0. The summed E-state index contributed by atoms with van der Waals surface area (Å²) in [6.45, 7) is 1.09. The fraction of sp³-hybridized carbons (Fsp3) is 0.174. The van der Waals surface area contributed by atoms with Crippen LogP contribution in [-0.4, -0.2) is 19.6 Å². The summed E-state index contributed by atoms with van der Waals surface area (Å²) in [5.74, 6) is 0.553. The maximum atomic E-state index is 6.17. The number of ether oxygens (including phenoxy) is 1. The Morgan fingerprint density at radius 3 is 2.00 bits per heavy atom. The van der Waals surface area contributed by atoms with Crippen LogP contribution >= 0.6 is 24.0 Å². The van der Waals surface area contributed by atoms with Crippen LogP contribution in [0.25, 0.3) is 0 Å². The second kappa shape index (κ2) is 11.5. The van der Waals surface area contributed by atoms with E-state index in [1.807, 2.05) is 36.4 Å². The molecule has 0 saturated heterocycles. The Hall–Kier alpha value is -2.38. The van der Waals surface area contributed by atoms with Gasteiger partial charge in [-0.2, -0.15) is 0 Å². The lowest BCUT2D eigenvalue weighted by Gasteiger charge is -2.17. The summed E-state index contributed by atoms with van der Waals surface area (Å²) in [6, 6.07) is 28.7. The zero-order valence-corrected chi connectivity index (χ0v) is 18.2. The number of guanidine groups is 1. The van der Waals surface area contributed by atoms with Crippen molar-refractivity contribution < 1.29 is 4.74 Å². The van der Waals surface area contributed by atoms with Crippen LogP contribution < -0.4 is 11.1 Å². The summed E-state index contributed by atoms with van der Waals surface area (Å²) in [6.07, 6.45) is 0. The molecule has 3 rings (SSSR count). The first-order chi connectivity index (χ1) is 13.3. The van der Waals surface area contributed by atoms with Crippen molar-refractivity contribution in [2.24, 2.45) is 10.7 Å². The molecule has 0 aliphatic heterocycles. The average molecular weight is 487 g/mol. The third kappa shape index (κ3) is 6.07. The summed E-state index contributed by atoms with van der Waals surface area (Å²) in [7, 11) is 1.68. The molecule has 0 aromatic heterocycles. The van der Waals surface area contributed by atoms with Gasteiger partial charge < -0.3 is 15.8 Å². The van der Waals surface area contributed by atoms with Gasteiger partial charge in [0.2, 0.25) is 0 Å². The van der Waals surface area contributed by atoms with Gasteiger partial charge in [-0.15, -0.1) is 24.0 Å². The Labute approximate surface area is 183 Å². The van der Waals surface area contributed by atoms with E-state index in [4.69, 9.17) is 10.5 Å². The van der Waals surface area contributed by atoms with Crippen LogP contribution in [0.15, 0.2) is 89.9 Å². The highest BCUT2D eigenvalue weighted by atomic mass is 127. The number of nitrogens with one attached hydrogen (secondary N) is 1. The molecule has 3 aromatic rings. The van der Waals surface area contributed by atoms with Crippen molar-refractivity contribution >= 4 is 35.6 Å². The maximum Gasteiger partial charge on any atom is 0.193 e. The molecule has 0 bridgehead atoms. The van der Waals surface area contributed by atoms with E-state index < -0.39 is 0 Å². The topological polar surface area (TPSA) is 59.6 Å². The highest BCUT2D eigenvalue weighted by Crippen LogP contribution is 2.25. The second-order valence-electron chi connectivity index (χ2n) is 6.32. The quantitative estimate of drug-likeness (QED) is 0.280. The number of nitrogens with zero attached hydrogens (tertiary/aromatic N) is 1. The molecule has 0 unspecified atom stereocenters. The van der Waals surface area contributed by atoms with Gasteiger partial charge in [0.1, 0.15) is 0 Å². The number of hydrogen-bond donors (Lipinski definition) is 2. The molecule has 0 heterocycles. The van der Waals surface area contributed by atoms with Crippen molar-refractivity contribution in [2.75, 3.05) is 19.0 Å². The SMILES string of the molecule is COCc1ccccc1NC(N)=NCC(c1ccccc1)c1ccccc1.I. The van der Waals surface area contributed by atoms with Gasteiger partial charge in [-0.05, 0) is 17.2 Å². The Bertz CT molecular complexity index is 830. The fourth-order valence-corrected chi connectivity index (χ4v) is 3.06. The molecule has 0 spiro atoms. The molecule has 0 aliphatic carbocycles. The first-order valence-electron chi connectivity index (χ1n) is 9.01. The molecule has 0 atom stereocenters. The lowest BCUT2D eigenvalue weighted by Crippen LogP contribution is -2.24. The number of aliphatic imine (C=N–C) groups is 1. The molecule has 4 nitrogen and oxygen atoms in total. The predicted molar refractivity (Wildman–Crippen MR) is 127 cm³/mol. The van der Waals surface area contributed by atoms with E-state index >= 15 is 0 Å². The van der Waals surface area contributed by atoms with Crippen LogP contribution in [0, 0.1) is 0 Å². The van der Waals surface area contributed by atoms with Crippen LogP contribution in [-0.2, 0) is 11.3 Å². The number of rotatable bonds is 7. The lowest BCUT2D eigenvalue weighted by atomic mass is 9.91. The first-order valence-corrected chi connectivity index (χ1v) is 9.01. The number of para-hydroxylation sites is 1. The minimum atomic E-state index is 0. The molecule has 0 saturated carbocycles. The molecule has 3 N–H and O–H groups in total. The second-order valence-corrected chi connectivity index (χ2v) is 6.32. The molecule has 5 heteroatoms. The third-order valence-corrected chi connectivity index (χ3v) is 4.43. The van der Waals surface area contributed by atoms with E-state index in [0.717, 1.165) is 11.3 Å². The standard InChI is InChI=1S/C23H25N3O.HI/c1-27-17-20-14-8-9-15-22(20)26-23(24)25-16-21(18-10-4-2-5-11-18)19-12-6-3-7-13-19;/h2-15,21H,16-17H2,1H3,(H3,24,25,26);1H. The molecule has 0 radical (unpaired) electrons. The fourth-order valence-electron chi connectivity index (χ4n) is 3.06. The smallest absolute Gasteiger partial charge is 0.193 e. The van der Waals surface area contributed by atoms with Crippen molar-refractivity contribution in [3.8, 4) is 0 Å². The minimum Gasteiger partial charge on any atom is -0.380 e. The average Bonchev–Trinajstić information content (AvgIpc) is 2.71. The highest BCUT2D eigenvalue weighted by molar-refractivity contribution is 14.0. The van der Waals surface area contributed by atoms with Crippen molar-refractivity contribution in [2.45, 2.75) is 12.5 Å². The Morgan fingerprint density at radius 1 is 0.893 bits per heavy atom. The van der Waals surface area contributed by atoms with Crippen LogP contribution in [0.3, 0.4) is 0 Å². The normalized spacial score (nSPS) is 11.1. The number of benzene rings is 3. The summed E-state index contributed by atoms with van der Waals surface area (Å²) in [5, 5.41) is 3.20. The number of hydrogen-bond acceptors (Lipinski definition) is 2. The number of halogens is 1. The van der Waals surface area contributed by atoms with E-state index in [0.29, 0.717) is 19.1 Å². The molecule has 0 aliphatic rings. The lowest BCUT2D eigenvalue weighted by molar-refractivity contribution is 0.185. The largest absolute Gasteiger partial charge is 0.380 e. The summed E-state index contributed by atoms with van der Waals surface area (Å²) in [4.78, 5) is 4.62. The zero-order chi connectivity index (χ0) is 18.9. The summed E-state index contributed by atoms with van der Waals surface area (Å²) in [5.41, 5.74) is 10.6. The van der Waals surface area contributed by atoms with E-state index in [-0.39, 0.29) is 29.9 Å². The maximum absolute atomic E-state index is 6.17. The van der Waals surface area contributed by atoms with E-state index in [1.54, 1.807) is 7.11 Å². The number of nitrogens with two attached hydrogens (primary N) is 1. The summed E-state index contributed by atoms with van der Waals surface area (Å²) < 4.78 is 5.24. The van der Waals surface area contributed by atoms with Gasteiger partial charge in [0.15, 0.2) is 5.96 Å². The van der Waals surface area contributed by atoms with Crippen LogP contribution in [0.1, 0.15) is 22.6 Å². The molecule has 0 amide bonds. The van der Waals surface area contributed by atoms with Gasteiger partial charge in [0.25, 0.3) is 0 Å². The first kappa shape index (κ1) is 21.9. The Morgan fingerprint density at radius 2 is 1.43 bits per heavy atom. The van der Waals surface area contributed by atoms with Gasteiger partial charge in [-0.3, -0.25) is 4.99 Å². The number of methoxy groups -OCH3 is 1. The molecular weight excluding hydrogens is 461 g/mol. The van der Waals surface area contributed by atoms with Crippen molar-refractivity contribution in [1.82, 2.24) is 0 Å². The van der Waals surface area contributed by atoms with Crippen LogP contribution in [0.4, 0.5) is 5.69 Å². The van der Waals surface area contributed by atoms with E-state index in [2.05, 4.69) is 58.8 Å². The molecule has 3 aromatic carbocycles. The Balaban J connectivity index is 0.00000280. The van der Waals surface area contributed by atoms with Gasteiger partial charge in [-0.1, -0.05) is 78.9 Å². The molecule has 0 fully saturated rings. The monoisotopic (exact) mass is 487 g/mol. The zero-order valence-electron chi connectivity index (χ0n) is 15.9. The van der Waals surface area contributed by atoms with Crippen LogP contribution in [0.2, 0.25) is 0 Å². The van der Waals surface area contributed by atoms with Gasteiger partial charge in [-0.25, -0.2) is 0 Å². The number of anilines is 1. The van der Waals surface area contributed by atoms with Crippen molar-refractivity contribution in [3.63, 3.8) is 0 Å². The predicted octanol–water partition coefficient (Wildman–Crippen LogP) is 5.01. The summed E-state index contributed by atoms with van der Waals surface area (Å²) >= 11 is 0. The molecular formula is C23H26IN3O. The van der Waals surface area contributed by atoms with E-state index in [1.165, 1.54) is 11.1 Å². The Kier molecular flexibility index (Phi) is 8.97. The van der Waals surface area contributed by atoms with Crippen LogP contribution in [0.5, 0.6) is 0 Å². The van der Waals surface area contributed by atoms with Gasteiger partial charge in [0, 0.05) is 24.3 Å². The van der Waals surface area contributed by atoms with Gasteiger partial charge >= 0.3 is 0 Å². The molecule has 146 valence electrons. The highest BCUT2D eigenvalue weighted by Gasteiger charge is 2.13. The third-order valence-electron chi connectivity index (χ3n) is 4.43. The van der Waals surface area contributed by atoms with Crippen molar-refractivity contribution in [1.29, 1.82) is 0 Å². The van der Waals surface area contributed by atoms with E-state index in [9.17, 15) is 0 Å². The van der Waals surface area contributed by atoms with Crippen molar-refractivity contribution in [3.05, 3.63) is 102 Å². The van der Waals surface area contributed by atoms with Gasteiger partial charge in [0.05, 0.1) is 13.2 Å².